The van der Waals surface area contributed by atoms with Crippen LogP contribution in [-0.2, 0) is 9.59 Å². The summed E-state index contributed by atoms with van der Waals surface area (Å²) in [6, 6.07) is 8.37. The van der Waals surface area contributed by atoms with Crippen molar-refractivity contribution in [3.8, 4) is 0 Å². The number of carbonyl (C=O) groups excluding carboxylic acids is 2. The average molecular weight is 327 g/mol. The number of carbonyl (C=O) groups is 2. The second-order valence-electron chi connectivity index (χ2n) is 6.68. The molecule has 2 N–H and O–H groups in total. The molecule has 1 fully saturated rings. The maximum absolute atomic E-state index is 12.2. The zero-order chi connectivity index (χ0) is 16.9. The van der Waals surface area contributed by atoms with Gasteiger partial charge in [0.2, 0.25) is 11.8 Å². The van der Waals surface area contributed by atoms with Gasteiger partial charge in [0.1, 0.15) is 6.54 Å². The molecule has 1 saturated carbocycles. The lowest BCUT2D eigenvalue weighted by molar-refractivity contribution is -0.138. The second-order valence-corrected chi connectivity index (χ2v) is 6.68. The van der Waals surface area contributed by atoms with E-state index in [2.05, 4.69) is 10.7 Å². The third kappa shape index (κ3) is 4.16. The van der Waals surface area contributed by atoms with E-state index in [9.17, 15) is 9.59 Å². The fraction of sp³-hybridized carbons (Fsp3) is 0.474. The van der Waals surface area contributed by atoms with Crippen molar-refractivity contribution >= 4 is 17.5 Å². The minimum Gasteiger partial charge on any atom is -0.352 e. The lowest BCUT2D eigenvalue weighted by atomic mass is 9.95. The maximum Gasteiger partial charge on any atom is 0.245 e. The monoisotopic (exact) mass is 327 g/mol. The molecule has 0 aromatic heterocycles. The minimum atomic E-state index is -0.0899. The molecule has 24 heavy (non-hydrogen) atoms. The van der Waals surface area contributed by atoms with Gasteiger partial charge in [-0.05, 0) is 31.4 Å². The summed E-state index contributed by atoms with van der Waals surface area (Å²) in [7, 11) is 0. The Balaban J connectivity index is 1.59. The van der Waals surface area contributed by atoms with Gasteiger partial charge in [0.25, 0.3) is 0 Å². The molecule has 5 nitrogen and oxygen atoms in total. The summed E-state index contributed by atoms with van der Waals surface area (Å²) < 4.78 is 0. The molecule has 1 aliphatic carbocycles. The number of hydrazine groups is 1. The zero-order valence-corrected chi connectivity index (χ0v) is 14.2. The van der Waals surface area contributed by atoms with Crippen LogP contribution in [0.2, 0.25) is 0 Å². The van der Waals surface area contributed by atoms with Crippen molar-refractivity contribution in [3.63, 3.8) is 0 Å². The normalized spacial score (nSPS) is 18.8. The summed E-state index contributed by atoms with van der Waals surface area (Å²) >= 11 is 0. The number of aryl methyl sites for hydroxylation is 1. The molecule has 1 aromatic carbocycles. The first kappa shape index (κ1) is 16.6. The van der Waals surface area contributed by atoms with E-state index in [0.717, 1.165) is 24.1 Å². The molecule has 0 spiro atoms. The van der Waals surface area contributed by atoms with Gasteiger partial charge in [-0.1, -0.05) is 49.1 Å². The summed E-state index contributed by atoms with van der Waals surface area (Å²) in [5.74, 6) is -0.169. The summed E-state index contributed by atoms with van der Waals surface area (Å²) in [4.78, 5) is 24.3. The molecule has 0 radical (unpaired) electrons. The van der Waals surface area contributed by atoms with Crippen LogP contribution < -0.4 is 10.7 Å². The van der Waals surface area contributed by atoms with E-state index in [-0.39, 0.29) is 24.4 Å². The Morgan fingerprint density at radius 1 is 1.21 bits per heavy atom. The van der Waals surface area contributed by atoms with Crippen LogP contribution >= 0.6 is 0 Å². The number of nitrogens with zero attached hydrogens (tertiary/aromatic N) is 1. The van der Waals surface area contributed by atoms with E-state index >= 15 is 0 Å². The third-order valence-electron chi connectivity index (χ3n) is 4.67. The Labute approximate surface area is 143 Å². The van der Waals surface area contributed by atoms with Gasteiger partial charge >= 0.3 is 0 Å². The lowest BCUT2D eigenvalue weighted by Gasteiger charge is -2.30. The highest BCUT2D eigenvalue weighted by Crippen LogP contribution is 2.19. The Kier molecular flexibility index (Phi) is 5.18. The van der Waals surface area contributed by atoms with Crippen LogP contribution in [0.25, 0.3) is 5.70 Å². The first-order valence-electron chi connectivity index (χ1n) is 8.75. The van der Waals surface area contributed by atoms with Crippen LogP contribution in [0.15, 0.2) is 30.3 Å². The predicted molar refractivity (Wildman–Crippen MR) is 93.6 cm³/mol. The van der Waals surface area contributed by atoms with Crippen LogP contribution in [0.5, 0.6) is 0 Å². The molecule has 0 atom stereocenters. The smallest absolute Gasteiger partial charge is 0.245 e. The molecule has 1 aromatic rings. The number of hydrogen-bond acceptors (Lipinski definition) is 3. The number of nitrogens with one attached hydrogen (secondary N) is 2. The maximum atomic E-state index is 12.2. The van der Waals surface area contributed by atoms with Crippen LogP contribution in [0.1, 0.15) is 49.7 Å². The predicted octanol–water partition coefficient (Wildman–Crippen LogP) is 2.52. The lowest BCUT2D eigenvalue weighted by Crippen LogP contribution is -2.50. The Hall–Kier alpha value is -2.30. The molecular formula is C19H25N3O2. The van der Waals surface area contributed by atoms with Crippen LogP contribution in [0, 0.1) is 6.92 Å². The van der Waals surface area contributed by atoms with Crippen molar-refractivity contribution in [1.82, 2.24) is 15.8 Å². The fourth-order valence-corrected chi connectivity index (χ4v) is 3.26. The van der Waals surface area contributed by atoms with Gasteiger partial charge in [-0.3, -0.25) is 15.0 Å². The van der Waals surface area contributed by atoms with Gasteiger partial charge in [0.15, 0.2) is 0 Å². The fourth-order valence-electron chi connectivity index (χ4n) is 3.26. The van der Waals surface area contributed by atoms with Crippen molar-refractivity contribution in [2.75, 3.05) is 6.54 Å². The molecule has 128 valence electrons. The molecule has 1 heterocycles. The average Bonchev–Trinajstić information content (AvgIpc) is 2.58. The van der Waals surface area contributed by atoms with E-state index in [1.807, 2.05) is 37.3 Å². The van der Waals surface area contributed by atoms with Gasteiger partial charge < -0.3 is 5.32 Å². The summed E-state index contributed by atoms with van der Waals surface area (Å²) in [5.41, 5.74) is 6.18. The molecule has 3 rings (SSSR count). The van der Waals surface area contributed by atoms with Gasteiger partial charge in [0.05, 0.1) is 5.70 Å². The van der Waals surface area contributed by atoms with Crippen LogP contribution in [-0.4, -0.2) is 29.4 Å². The summed E-state index contributed by atoms with van der Waals surface area (Å²) in [6.07, 6.45) is 7.88. The highest BCUT2D eigenvalue weighted by atomic mass is 16.2. The number of amides is 2. The molecular weight excluding hydrogens is 302 g/mol. The van der Waals surface area contributed by atoms with Gasteiger partial charge in [-0.2, -0.15) is 0 Å². The van der Waals surface area contributed by atoms with Crippen molar-refractivity contribution in [2.24, 2.45) is 0 Å². The van der Waals surface area contributed by atoms with E-state index in [4.69, 9.17) is 0 Å². The van der Waals surface area contributed by atoms with E-state index in [1.54, 1.807) is 0 Å². The number of hydrogen-bond donors (Lipinski definition) is 2. The molecule has 0 saturated heterocycles. The highest BCUT2D eigenvalue weighted by Gasteiger charge is 2.23. The first-order valence-corrected chi connectivity index (χ1v) is 8.75. The quantitative estimate of drug-likeness (QED) is 0.893. The van der Waals surface area contributed by atoms with E-state index in [0.29, 0.717) is 6.42 Å². The van der Waals surface area contributed by atoms with Crippen molar-refractivity contribution in [1.29, 1.82) is 0 Å². The standard InChI is InChI=1S/C19H25N3O2/c1-14-7-9-15(10-8-14)17-11-12-19(24)22(21-17)13-18(23)20-16-5-3-2-4-6-16/h7-11,16,21H,2-6,12-13H2,1H3,(H,20,23). The van der Waals surface area contributed by atoms with E-state index in [1.165, 1.54) is 29.8 Å². The highest BCUT2D eigenvalue weighted by molar-refractivity contribution is 5.88. The minimum absolute atomic E-state index is 0.0541. The topological polar surface area (TPSA) is 61.4 Å². The molecule has 2 amide bonds. The van der Waals surface area contributed by atoms with Gasteiger partial charge in [-0.25, -0.2) is 5.01 Å². The Bertz CT molecular complexity index is 631. The largest absolute Gasteiger partial charge is 0.352 e. The molecule has 2 aliphatic rings. The van der Waals surface area contributed by atoms with Crippen molar-refractivity contribution in [2.45, 2.75) is 51.5 Å². The second kappa shape index (κ2) is 7.51. The summed E-state index contributed by atoms with van der Waals surface area (Å²) in [5, 5.41) is 4.48. The molecule has 1 aliphatic heterocycles. The van der Waals surface area contributed by atoms with Gasteiger partial charge in [0, 0.05) is 12.5 Å². The van der Waals surface area contributed by atoms with Crippen molar-refractivity contribution < 1.29 is 9.59 Å². The molecule has 0 unspecified atom stereocenters. The Morgan fingerprint density at radius 2 is 1.92 bits per heavy atom. The third-order valence-corrected chi connectivity index (χ3v) is 4.67. The van der Waals surface area contributed by atoms with Gasteiger partial charge in [-0.15, -0.1) is 0 Å². The number of rotatable bonds is 4. The zero-order valence-electron chi connectivity index (χ0n) is 14.2. The first-order chi connectivity index (χ1) is 11.6. The number of benzene rings is 1. The SMILES string of the molecule is Cc1ccc(C2=CCC(=O)N(CC(=O)NC3CCCCC3)N2)cc1. The van der Waals surface area contributed by atoms with Crippen molar-refractivity contribution in [3.05, 3.63) is 41.5 Å². The molecule has 5 heteroatoms. The Morgan fingerprint density at radius 3 is 2.62 bits per heavy atom. The van der Waals surface area contributed by atoms with Crippen LogP contribution in [0.3, 0.4) is 0 Å². The molecule has 0 bridgehead atoms. The summed E-state index contributed by atoms with van der Waals surface area (Å²) in [6.45, 7) is 2.09. The van der Waals surface area contributed by atoms with Crippen LogP contribution in [0.4, 0.5) is 0 Å². The van der Waals surface area contributed by atoms with E-state index < -0.39 is 0 Å².